The first-order valence-corrected chi connectivity index (χ1v) is 9.26. The van der Waals surface area contributed by atoms with Gasteiger partial charge in [-0.15, -0.1) is 0 Å². The van der Waals surface area contributed by atoms with Crippen LogP contribution in [0.25, 0.3) is 5.69 Å². The number of halogens is 4. The number of aromatic nitrogens is 2. The molecule has 0 saturated heterocycles. The molecule has 0 unspecified atom stereocenters. The van der Waals surface area contributed by atoms with E-state index in [2.05, 4.69) is 5.32 Å². The largest absolute Gasteiger partial charge is 0.484 e. The predicted molar refractivity (Wildman–Crippen MR) is 109 cm³/mol. The lowest BCUT2D eigenvalue weighted by atomic mass is 10.2. The molecule has 0 atom stereocenters. The minimum Gasteiger partial charge on any atom is -0.484 e. The molecule has 0 spiro atoms. The van der Waals surface area contributed by atoms with E-state index in [1.54, 1.807) is 0 Å². The van der Waals surface area contributed by atoms with Crippen LogP contribution in [0.2, 0.25) is 0 Å². The molecule has 34 heavy (non-hydrogen) atoms. The zero-order valence-corrected chi connectivity index (χ0v) is 17.1. The van der Waals surface area contributed by atoms with Crippen molar-refractivity contribution in [3.63, 3.8) is 0 Å². The lowest BCUT2D eigenvalue weighted by Crippen LogP contribution is -2.40. The molecule has 3 rings (SSSR count). The molecule has 1 amide bonds. The number of anilines is 1. The molecule has 0 fully saturated rings. The van der Waals surface area contributed by atoms with Crippen molar-refractivity contribution in [2.45, 2.75) is 6.18 Å². The molecule has 0 radical (unpaired) electrons. The van der Waals surface area contributed by atoms with Crippen LogP contribution in [0.4, 0.5) is 28.9 Å². The fourth-order valence-electron chi connectivity index (χ4n) is 2.88. The molecule has 10 nitrogen and oxygen atoms in total. The van der Waals surface area contributed by atoms with Crippen LogP contribution >= 0.6 is 0 Å². The van der Waals surface area contributed by atoms with Gasteiger partial charge >= 0.3 is 11.9 Å². The Kier molecular flexibility index (Phi) is 6.51. The summed E-state index contributed by atoms with van der Waals surface area (Å²) in [5, 5.41) is 12.8. The summed E-state index contributed by atoms with van der Waals surface area (Å²) in [6, 6.07) is 7.71. The molecule has 3 aromatic rings. The number of hydrogen-bond donors (Lipinski definition) is 1. The Bertz CT molecular complexity index is 1380. The van der Waals surface area contributed by atoms with Gasteiger partial charge in [0.05, 0.1) is 16.3 Å². The molecule has 1 heterocycles. The Labute approximate surface area is 186 Å². The number of nitrogens with zero attached hydrogens (tertiary/aromatic N) is 3. The highest BCUT2D eigenvalue weighted by molar-refractivity contribution is 5.92. The van der Waals surface area contributed by atoms with Gasteiger partial charge in [0, 0.05) is 25.2 Å². The van der Waals surface area contributed by atoms with Gasteiger partial charge in [-0.05, 0) is 30.3 Å². The number of nitrogens with one attached hydrogen (secondary N) is 1. The summed E-state index contributed by atoms with van der Waals surface area (Å²) in [6.07, 6.45) is -4.95. The highest BCUT2D eigenvalue weighted by Crippen LogP contribution is 2.27. The Balaban J connectivity index is 1.82. The van der Waals surface area contributed by atoms with Crippen LogP contribution in [0.15, 0.2) is 58.1 Å². The molecular weight excluding hydrogens is 468 g/mol. The van der Waals surface area contributed by atoms with E-state index in [0.29, 0.717) is 4.57 Å². The number of rotatable bonds is 6. The van der Waals surface area contributed by atoms with E-state index < -0.39 is 52.1 Å². The number of nitro groups is 1. The Morgan fingerprint density at radius 2 is 1.76 bits per heavy atom. The molecule has 1 aromatic heterocycles. The third kappa shape index (κ3) is 5.11. The maximum absolute atomic E-state index is 14.2. The summed E-state index contributed by atoms with van der Waals surface area (Å²) in [7, 11) is 0.822. The van der Waals surface area contributed by atoms with Gasteiger partial charge in [-0.2, -0.15) is 13.2 Å². The lowest BCUT2D eigenvalue weighted by Gasteiger charge is -2.15. The standard InChI is InChI=1S/C20H14F4N4O6/c1-26-16(20(22,23)24)9-18(30)27(19(26)31)12-4-7-14(21)15(8-12)25-17(29)10-34-13-5-2-11(3-6-13)28(32)33/h2-9H,10H2,1H3,(H,25,29). The average Bonchev–Trinajstić information content (AvgIpc) is 2.76. The molecule has 0 aliphatic carbocycles. The summed E-state index contributed by atoms with van der Waals surface area (Å²) >= 11 is 0. The van der Waals surface area contributed by atoms with E-state index >= 15 is 0 Å². The molecule has 1 N–H and O–H groups in total. The number of amides is 1. The van der Waals surface area contributed by atoms with Crippen molar-refractivity contribution in [1.29, 1.82) is 0 Å². The molecular formula is C20H14F4N4O6. The molecule has 0 aliphatic heterocycles. The van der Waals surface area contributed by atoms with Crippen molar-refractivity contribution in [3.05, 3.63) is 91.0 Å². The molecule has 0 bridgehead atoms. The number of carbonyl (C=O) groups is 1. The van der Waals surface area contributed by atoms with Gasteiger partial charge in [0.15, 0.2) is 6.61 Å². The quantitative estimate of drug-likeness (QED) is 0.327. The first kappa shape index (κ1) is 24.2. The molecule has 0 saturated carbocycles. The third-order valence-electron chi connectivity index (χ3n) is 4.51. The van der Waals surface area contributed by atoms with Crippen molar-refractivity contribution >= 4 is 17.3 Å². The second-order valence-electron chi connectivity index (χ2n) is 6.79. The minimum atomic E-state index is -4.95. The van der Waals surface area contributed by atoms with Gasteiger partial charge in [-0.25, -0.2) is 13.8 Å². The van der Waals surface area contributed by atoms with Crippen LogP contribution < -0.4 is 21.3 Å². The van der Waals surface area contributed by atoms with Crippen molar-refractivity contribution in [3.8, 4) is 11.4 Å². The maximum Gasteiger partial charge on any atom is 0.431 e. The van der Waals surface area contributed by atoms with E-state index in [0.717, 1.165) is 37.4 Å². The van der Waals surface area contributed by atoms with E-state index in [-0.39, 0.29) is 27.8 Å². The first-order chi connectivity index (χ1) is 15.9. The number of ether oxygens (including phenoxy) is 1. The van der Waals surface area contributed by atoms with E-state index in [4.69, 9.17) is 4.74 Å². The zero-order valence-electron chi connectivity index (χ0n) is 17.1. The highest BCUT2D eigenvalue weighted by Gasteiger charge is 2.35. The number of hydrogen-bond acceptors (Lipinski definition) is 6. The zero-order chi connectivity index (χ0) is 25.2. The van der Waals surface area contributed by atoms with E-state index in [9.17, 15) is 42.1 Å². The van der Waals surface area contributed by atoms with Crippen molar-refractivity contribution < 1.29 is 32.0 Å². The summed E-state index contributed by atoms with van der Waals surface area (Å²) in [5.41, 5.74) is -5.04. The van der Waals surface area contributed by atoms with Crippen LogP contribution in [0.5, 0.6) is 5.75 Å². The van der Waals surface area contributed by atoms with Gasteiger partial charge in [-0.3, -0.25) is 24.3 Å². The summed E-state index contributed by atoms with van der Waals surface area (Å²) in [6.45, 7) is -0.622. The second-order valence-corrected chi connectivity index (χ2v) is 6.79. The van der Waals surface area contributed by atoms with E-state index in [1.807, 2.05) is 0 Å². The topological polar surface area (TPSA) is 125 Å². The number of nitro benzene ring substituents is 1. The predicted octanol–water partition coefficient (Wildman–Crippen LogP) is 2.62. The number of benzene rings is 2. The fraction of sp³-hybridized carbons (Fsp3) is 0.150. The van der Waals surface area contributed by atoms with Crippen LogP contribution in [0.3, 0.4) is 0 Å². The van der Waals surface area contributed by atoms with Crippen molar-refractivity contribution in [2.24, 2.45) is 7.05 Å². The maximum atomic E-state index is 14.2. The highest BCUT2D eigenvalue weighted by atomic mass is 19.4. The number of alkyl halides is 3. The molecule has 0 aliphatic rings. The van der Waals surface area contributed by atoms with Crippen LogP contribution in [-0.4, -0.2) is 26.6 Å². The first-order valence-electron chi connectivity index (χ1n) is 9.26. The Morgan fingerprint density at radius 3 is 2.35 bits per heavy atom. The average molecular weight is 482 g/mol. The Hall–Kier alpha value is -4.49. The second kappa shape index (κ2) is 9.17. The minimum absolute atomic E-state index is 0.120. The Morgan fingerprint density at radius 1 is 1.12 bits per heavy atom. The molecule has 2 aromatic carbocycles. The number of carbonyl (C=O) groups excluding carboxylic acids is 1. The monoisotopic (exact) mass is 482 g/mol. The molecule has 14 heteroatoms. The van der Waals surface area contributed by atoms with Gasteiger partial charge in [-0.1, -0.05) is 0 Å². The van der Waals surface area contributed by atoms with Crippen molar-refractivity contribution in [1.82, 2.24) is 9.13 Å². The SMILES string of the molecule is Cn1c(C(F)(F)F)cc(=O)n(-c2ccc(F)c(NC(=O)COc3ccc([N+](=O)[O-])cc3)c2)c1=O. The van der Waals surface area contributed by atoms with Crippen LogP contribution in [0, 0.1) is 15.9 Å². The van der Waals surface area contributed by atoms with Gasteiger partial charge in [0.2, 0.25) is 0 Å². The smallest absolute Gasteiger partial charge is 0.431 e. The summed E-state index contributed by atoms with van der Waals surface area (Å²) in [5.74, 6) is -1.69. The number of non-ortho nitro benzene ring substituents is 1. The normalized spacial score (nSPS) is 11.2. The van der Waals surface area contributed by atoms with Gasteiger partial charge in [0.1, 0.15) is 17.3 Å². The van der Waals surface area contributed by atoms with Gasteiger partial charge in [0.25, 0.3) is 17.2 Å². The lowest BCUT2D eigenvalue weighted by molar-refractivity contribution is -0.384. The van der Waals surface area contributed by atoms with Crippen LogP contribution in [0.1, 0.15) is 5.69 Å². The van der Waals surface area contributed by atoms with Crippen LogP contribution in [-0.2, 0) is 18.0 Å². The summed E-state index contributed by atoms with van der Waals surface area (Å²) < 4.78 is 59.0. The summed E-state index contributed by atoms with van der Waals surface area (Å²) in [4.78, 5) is 46.7. The van der Waals surface area contributed by atoms with E-state index in [1.165, 1.54) is 12.1 Å². The van der Waals surface area contributed by atoms with Crippen molar-refractivity contribution in [2.75, 3.05) is 11.9 Å². The third-order valence-corrected chi connectivity index (χ3v) is 4.51. The molecule has 178 valence electrons. The fourth-order valence-corrected chi connectivity index (χ4v) is 2.88. The van der Waals surface area contributed by atoms with Gasteiger partial charge < -0.3 is 10.1 Å².